The second-order valence-corrected chi connectivity index (χ2v) is 5.04. The van der Waals surface area contributed by atoms with E-state index < -0.39 is 0 Å². The maximum Gasteiger partial charge on any atom is 0.0592 e. The second-order valence-electron chi connectivity index (χ2n) is 3.94. The molecule has 0 radical (unpaired) electrons. The molecule has 0 aliphatic heterocycles. The van der Waals surface area contributed by atoms with E-state index in [0.29, 0.717) is 6.04 Å². The Balaban J connectivity index is 1.75. The van der Waals surface area contributed by atoms with Crippen molar-refractivity contribution in [1.29, 1.82) is 0 Å². The number of hydrogen-bond donors (Lipinski definition) is 2. The lowest BCUT2D eigenvalue weighted by Crippen LogP contribution is -2.36. The van der Waals surface area contributed by atoms with Crippen molar-refractivity contribution < 1.29 is 5.11 Å². The van der Waals surface area contributed by atoms with Crippen molar-refractivity contribution >= 4 is 11.8 Å². The van der Waals surface area contributed by atoms with E-state index in [0.717, 1.165) is 5.75 Å². The summed E-state index contributed by atoms with van der Waals surface area (Å²) in [6, 6.07) is 11.2. The molecule has 2 nitrogen and oxygen atoms in total. The van der Waals surface area contributed by atoms with Crippen LogP contribution in [0.2, 0.25) is 0 Å². The van der Waals surface area contributed by atoms with Gasteiger partial charge in [0.05, 0.1) is 6.61 Å². The van der Waals surface area contributed by atoms with Crippen molar-refractivity contribution in [2.45, 2.75) is 29.8 Å². The van der Waals surface area contributed by atoms with Crippen molar-refractivity contribution in [3.05, 3.63) is 30.3 Å². The van der Waals surface area contributed by atoms with Crippen molar-refractivity contribution in [3.63, 3.8) is 0 Å². The predicted octanol–water partition coefficient (Wildman–Crippen LogP) is 1.89. The number of aliphatic hydroxyl groups excluding tert-OH is 1. The Morgan fingerprint density at radius 1 is 1.33 bits per heavy atom. The fourth-order valence-corrected chi connectivity index (χ4v) is 2.40. The molecule has 1 aliphatic rings. The predicted molar refractivity (Wildman–Crippen MR) is 64.2 cm³/mol. The van der Waals surface area contributed by atoms with E-state index in [2.05, 4.69) is 17.4 Å². The number of benzene rings is 1. The van der Waals surface area contributed by atoms with Crippen LogP contribution in [0, 0.1) is 0 Å². The molecule has 0 bridgehead atoms. The van der Waals surface area contributed by atoms with E-state index in [1.807, 2.05) is 18.2 Å². The highest BCUT2D eigenvalue weighted by Crippen LogP contribution is 2.22. The van der Waals surface area contributed by atoms with Crippen molar-refractivity contribution in [2.75, 3.05) is 12.4 Å². The summed E-state index contributed by atoms with van der Waals surface area (Å²) in [6.45, 7) is 0.232. The molecule has 0 amide bonds. The lowest BCUT2D eigenvalue weighted by molar-refractivity contribution is 0.253. The minimum Gasteiger partial charge on any atom is -0.395 e. The molecule has 1 fully saturated rings. The minimum absolute atomic E-state index is 0.232. The Kier molecular flexibility index (Phi) is 4.06. The summed E-state index contributed by atoms with van der Waals surface area (Å²) in [6.07, 6.45) is 2.54. The first-order valence-corrected chi connectivity index (χ1v) is 6.42. The molecule has 1 atom stereocenters. The van der Waals surface area contributed by atoms with E-state index in [1.54, 1.807) is 11.8 Å². The molecule has 0 heterocycles. The normalized spacial score (nSPS) is 17.7. The van der Waals surface area contributed by atoms with Crippen LogP contribution in [0.15, 0.2) is 35.2 Å². The summed E-state index contributed by atoms with van der Waals surface area (Å²) in [5.41, 5.74) is 0. The van der Waals surface area contributed by atoms with Gasteiger partial charge in [-0.05, 0) is 25.0 Å². The van der Waals surface area contributed by atoms with Gasteiger partial charge in [0, 0.05) is 22.7 Å². The lowest BCUT2D eigenvalue weighted by atomic mass is 10.3. The van der Waals surface area contributed by atoms with Gasteiger partial charge < -0.3 is 10.4 Å². The van der Waals surface area contributed by atoms with Gasteiger partial charge in [0.15, 0.2) is 0 Å². The van der Waals surface area contributed by atoms with Crippen LogP contribution in [0.4, 0.5) is 0 Å². The molecule has 0 aromatic heterocycles. The number of aliphatic hydroxyl groups is 1. The molecule has 2 rings (SSSR count). The molecule has 2 N–H and O–H groups in total. The fourth-order valence-electron chi connectivity index (χ4n) is 1.45. The molecule has 1 saturated carbocycles. The highest BCUT2D eigenvalue weighted by Gasteiger charge is 2.24. The zero-order valence-corrected chi connectivity index (χ0v) is 9.54. The van der Waals surface area contributed by atoms with E-state index in [9.17, 15) is 5.11 Å². The summed E-state index contributed by atoms with van der Waals surface area (Å²) in [5.74, 6) is 0.941. The zero-order valence-electron chi connectivity index (χ0n) is 8.73. The quantitative estimate of drug-likeness (QED) is 0.722. The van der Waals surface area contributed by atoms with Gasteiger partial charge in [-0.25, -0.2) is 0 Å². The summed E-state index contributed by atoms with van der Waals surface area (Å²) in [5, 5.41) is 12.6. The molecule has 1 aliphatic carbocycles. The SMILES string of the molecule is OCC(CSc1ccccc1)NC1CC1. The van der Waals surface area contributed by atoms with Crippen LogP contribution in [0.3, 0.4) is 0 Å². The third kappa shape index (κ3) is 3.86. The lowest BCUT2D eigenvalue weighted by Gasteiger charge is -2.15. The first-order valence-electron chi connectivity index (χ1n) is 5.43. The molecule has 1 aromatic carbocycles. The van der Waals surface area contributed by atoms with Gasteiger partial charge in [-0.1, -0.05) is 18.2 Å². The summed E-state index contributed by atoms with van der Waals surface area (Å²) in [7, 11) is 0. The summed E-state index contributed by atoms with van der Waals surface area (Å²) >= 11 is 1.80. The number of rotatable bonds is 6. The van der Waals surface area contributed by atoms with Crippen LogP contribution in [0.25, 0.3) is 0 Å². The van der Waals surface area contributed by atoms with Crippen LogP contribution in [0.5, 0.6) is 0 Å². The van der Waals surface area contributed by atoms with Gasteiger partial charge in [-0.3, -0.25) is 0 Å². The first kappa shape index (κ1) is 11.0. The van der Waals surface area contributed by atoms with Crippen molar-refractivity contribution in [3.8, 4) is 0 Å². The van der Waals surface area contributed by atoms with Gasteiger partial charge >= 0.3 is 0 Å². The maximum absolute atomic E-state index is 9.20. The molecule has 82 valence electrons. The standard InChI is InChI=1S/C12H17NOS/c14-8-11(13-10-6-7-10)9-15-12-4-2-1-3-5-12/h1-5,10-11,13-14H,6-9H2. The maximum atomic E-state index is 9.20. The summed E-state index contributed by atoms with van der Waals surface area (Å²) < 4.78 is 0. The van der Waals surface area contributed by atoms with Crippen LogP contribution in [-0.2, 0) is 0 Å². The molecule has 0 saturated heterocycles. The minimum atomic E-state index is 0.232. The molecule has 3 heteroatoms. The zero-order chi connectivity index (χ0) is 10.5. The Morgan fingerprint density at radius 2 is 2.07 bits per heavy atom. The summed E-state index contributed by atoms with van der Waals surface area (Å²) in [4.78, 5) is 1.27. The monoisotopic (exact) mass is 223 g/mol. The number of hydrogen-bond acceptors (Lipinski definition) is 3. The second kappa shape index (κ2) is 5.54. The van der Waals surface area contributed by atoms with Gasteiger partial charge in [0.25, 0.3) is 0 Å². The topological polar surface area (TPSA) is 32.3 Å². The van der Waals surface area contributed by atoms with Gasteiger partial charge in [-0.2, -0.15) is 0 Å². The molecular formula is C12H17NOS. The Hall–Kier alpha value is -0.510. The Morgan fingerprint density at radius 3 is 2.67 bits per heavy atom. The van der Waals surface area contributed by atoms with E-state index in [1.165, 1.54) is 17.7 Å². The van der Waals surface area contributed by atoms with E-state index >= 15 is 0 Å². The van der Waals surface area contributed by atoms with Crippen LogP contribution in [-0.4, -0.2) is 29.5 Å². The molecule has 1 unspecified atom stereocenters. The average Bonchev–Trinajstić information content (AvgIpc) is 3.09. The third-order valence-electron chi connectivity index (χ3n) is 2.46. The highest BCUT2D eigenvalue weighted by molar-refractivity contribution is 7.99. The van der Waals surface area contributed by atoms with Gasteiger partial charge in [0.2, 0.25) is 0 Å². The van der Waals surface area contributed by atoms with Gasteiger partial charge in [0.1, 0.15) is 0 Å². The Bertz CT molecular complexity index is 287. The van der Waals surface area contributed by atoms with Crippen molar-refractivity contribution in [2.24, 2.45) is 0 Å². The third-order valence-corrected chi connectivity index (χ3v) is 3.64. The number of thioether (sulfide) groups is 1. The van der Waals surface area contributed by atoms with E-state index in [-0.39, 0.29) is 12.6 Å². The fraction of sp³-hybridized carbons (Fsp3) is 0.500. The largest absolute Gasteiger partial charge is 0.395 e. The molecule has 0 spiro atoms. The number of nitrogens with one attached hydrogen (secondary N) is 1. The Labute approximate surface area is 95.1 Å². The smallest absolute Gasteiger partial charge is 0.0592 e. The molecule has 1 aromatic rings. The molecular weight excluding hydrogens is 206 g/mol. The highest BCUT2D eigenvalue weighted by atomic mass is 32.2. The van der Waals surface area contributed by atoms with E-state index in [4.69, 9.17) is 0 Å². The first-order chi connectivity index (χ1) is 7.38. The van der Waals surface area contributed by atoms with Crippen LogP contribution < -0.4 is 5.32 Å². The van der Waals surface area contributed by atoms with Crippen LogP contribution in [0.1, 0.15) is 12.8 Å². The van der Waals surface area contributed by atoms with Crippen LogP contribution >= 0.6 is 11.8 Å². The van der Waals surface area contributed by atoms with Crippen molar-refractivity contribution in [1.82, 2.24) is 5.32 Å². The average molecular weight is 223 g/mol. The molecule has 15 heavy (non-hydrogen) atoms. The van der Waals surface area contributed by atoms with Gasteiger partial charge in [-0.15, -0.1) is 11.8 Å².